The van der Waals surface area contributed by atoms with Crippen LogP contribution in [0.3, 0.4) is 0 Å². The Morgan fingerprint density at radius 3 is 2.22 bits per heavy atom. The van der Waals surface area contributed by atoms with E-state index in [1.54, 1.807) is 31.9 Å². The quantitative estimate of drug-likeness (QED) is 0.407. The summed E-state index contributed by atoms with van der Waals surface area (Å²) >= 11 is 0. The molecule has 0 radical (unpaired) electrons. The summed E-state index contributed by atoms with van der Waals surface area (Å²) in [6.07, 6.45) is 4.75. The van der Waals surface area contributed by atoms with Crippen molar-refractivity contribution in [1.29, 1.82) is 0 Å². The summed E-state index contributed by atoms with van der Waals surface area (Å²) in [7, 11) is 3.73. The lowest BCUT2D eigenvalue weighted by atomic mass is 9.90. The molecule has 184 valence electrons. The molecule has 1 rings (SSSR count). The van der Waals surface area contributed by atoms with Gasteiger partial charge in [0.2, 0.25) is 11.8 Å². The smallest absolute Gasteiger partial charge is 0.333 e. The molecule has 7 nitrogen and oxygen atoms in total. The molecule has 0 bridgehead atoms. The molecule has 4 atom stereocenters. The number of piperidine rings is 1. The second-order valence-corrected chi connectivity index (χ2v) is 9.79. The summed E-state index contributed by atoms with van der Waals surface area (Å²) in [5.41, 5.74) is 0.477. The predicted molar refractivity (Wildman–Crippen MR) is 128 cm³/mol. The van der Waals surface area contributed by atoms with Gasteiger partial charge < -0.3 is 15.0 Å². The fourth-order valence-corrected chi connectivity index (χ4v) is 4.35. The summed E-state index contributed by atoms with van der Waals surface area (Å²) in [5, 5.41) is 3.04. The van der Waals surface area contributed by atoms with E-state index >= 15 is 0 Å². The molecule has 0 aliphatic carbocycles. The largest absolute Gasteiger partial charge is 0.463 e. The Bertz CT molecular complexity index is 674. The van der Waals surface area contributed by atoms with Crippen molar-refractivity contribution in [2.24, 2.45) is 17.8 Å². The van der Waals surface area contributed by atoms with Gasteiger partial charge in [-0.05, 0) is 51.5 Å². The number of nitrogens with zero attached hydrogens (tertiary/aromatic N) is 2. The minimum atomic E-state index is -0.623. The second kappa shape index (κ2) is 13.0. The molecule has 1 N–H and O–H groups in total. The number of likely N-dealkylation sites (tertiary alicyclic amines) is 1. The number of ether oxygens (including phenoxy) is 1. The molecule has 0 spiro atoms. The van der Waals surface area contributed by atoms with Crippen LogP contribution < -0.4 is 5.32 Å². The van der Waals surface area contributed by atoms with Crippen molar-refractivity contribution in [3.63, 3.8) is 0 Å². The van der Waals surface area contributed by atoms with E-state index in [2.05, 4.69) is 17.1 Å². The van der Waals surface area contributed by atoms with E-state index in [9.17, 15) is 14.4 Å². The maximum Gasteiger partial charge on any atom is 0.333 e. The van der Waals surface area contributed by atoms with Gasteiger partial charge in [0.25, 0.3) is 0 Å². The van der Waals surface area contributed by atoms with Crippen LogP contribution in [0.4, 0.5) is 0 Å². The van der Waals surface area contributed by atoms with E-state index in [1.165, 1.54) is 0 Å². The molecular formula is C25H45N3O4. The van der Waals surface area contributed by atoms with Crippen molar-refractivity contribution in [3.8, 4) is 0 Å². The van der Waals surface area contributed by atoms with E-state index in [-0.39, 0.29) is 41.7 Å². The highest BCUT2D eigenvalue weighted by atomic mass is 16.5. The standard InChI is InChI=1S/C25H45N3O4/c1-10-19-12-13-20(27(8)15-19)23(29)26-22(17(5)6)24(30)28(9)21(16(3)4)14-18(7)25(31)32-11-2/h14,16-17,19-22H,10-13,15H2,1-9H3,(H,26,29)/t19-,20?,21+,22-/m0/s1. The molecule has 1 aliphatic rings. The molecule has 0 aromatic carbocycles. The molecule has 0 aromatic heterocycles. The minimum absolute atomic E-state index is 0.0610. The highest BCUT2D eigenvalue weighted by Crippen LogP contribution is 2.24. The fraction of sp³-hybridized carbons (Fsp3) is 0.800. The molecule has 2 amide bonds. The number of nitrogens with one attached hydrogen (secondary N) is 1. The maximum atomic E-state index is 13.5. The van der Waals surface area contributed by atoms with Crippen LogP contribution in [0.5, 0.6) is 0 Å². The van der Waals surface area contributed by atoms with Crippen molar-refractivity contribution in [1.82, 2.24) is 15.1 Å². The summed E-state index contributed by atoms with van der Waals surface area (Å²) in [4.78, 5) is 42.4. The van der Waals surface area contributed by atoms with Crippen molar-refractivity contribution in [3.05, 3.63) is 11.6 Å². The Balaban J connectivity index is 2.99. The molecular weight excluding hydrogens is 406 g/mol. The number of carbonyl (C=O) groups is 3. The number of amides is 2. The first kappa shape index (κ1) is 28.1. The van der Waals surface area contributed by atoms with E-state index in [4.69, 9.17) is 4.74 Å². The lowest BCUT2D eigenvalue weighted by Gasteiger charge is -2.38. The molecule has 32 heavy (non-hydrogen) atoms. The zero-order valence-corrected chi connectivity index (χ0v) is 21.6. The van der Waals surface area contributed by atoms with Crippen LogP contribution in [0, 0.1) is 17.8 Å². The van der Waals surface area contributed by atoms with Crippen LogP contribution in [-0.4, -0.2) is 73.0 Å². The number of esters is 1. The van der Waals surface area contributed by atoms with Crippen molar-refractivity contribution < 1.29 is 19.1 Å². The molecule has 0 aromatic rings. The predicted octanol–water partition coefficient (Wildman–Crippen LogP) is 3.24. The van der Waals surface area contributed by atoms with Gasteiger partial charge in [-0.3, -0.25) is 14.5 Å². The third kappa shape index (κ3) is 7.61. The highest BCUT2D eigenvalue weighted by Gasteiger charge is 2.35. The number of carbonyl (C=O) groups excluding carboxylic acids is 3. The van der Waals surface area contributed by atoms with E-state index in [0.717, 1.165) is 25.8 Å². The van der Waals surface area contributed by atoms with Crippen LogP contribution in [-0.2, 0) is 19.1 Å². The first-order chi connectivity index (χ1) is 14.9. The third-order valence-electron chi connectivity index (χ3n) is 6.53. The Kier molecular flexibility index (Phi) is 11.4. The van der Waals surface area contributed by atoms with Gasteiger partial charge in [0.1, 0.15) is 6.04 Å². The normalized spacial score (nSPS) is 21.9. The lowest BCUT2D eigenvalue weighted by Crippen LogP contribution is -2.58. The topological polar surface area (TPSA) is 79.0 Å². The zero-order valence-electron chi connectivity index (χ0n) is 21.6. The maximum absolute atomic E-state index is 13.5. The Morgan fingerprint density at radius 2 is 1.75 bits per heavy atom. The minimum Gasteiger partial charge on any atom is -0.463 e. The number of hydrogen-bond donors (Lipinski definition) is 1. The molecule has 1 heterocycles. The van der Waals surface area contributed by atoms with Gasteiger partial charge in [0.05, 0.1) is 18.7 Å². The van der Waals surface area contributed by atoms with Gasteiger partial charge in [-0.2, -0.15) is 0 Å². The van der Waals surface area contributed by atoms with Gasteiger partial charge in [0, 0.05) is 19.2 Å². The van der Waals surface area contributed by atoms with Crippen LogP contribution in [0.1, 0.15) is 67.7 Å². The van der Waals surface area contributed by atoms with Crippen LogP contribution in [0.2, 0.25) is 0 Å². The number of hydrogen-bond acceptors (Lipinski definition) is 5. The SMILES string of the molecule is CCOC(=O)C(C)=C[C@H](C(C)C)N(C)C(=O)[C@@H](NC(=O)C1CC[C@H](CC)CN1C)C(C)C. The number of rotatable bonds is 10. The summed E-state index contributed by atoms with van der Waals surface area (Å²) in [5.74, 6) is 0.0468. The summed E-state index contributed by atoms with van der Waals surface area (Å²) in [6.45, 7) is 14.8. The first-order valence-electron chi connectivity index (χ1n) is 12.1. The molecule has 7 heteroatoms. The molecule has 1 unspecified atom stereocenters. The molecule has 1 aliphatic heterocycles. The molecule has 0 saturated carbocycles. The zero-order chi connectivity index (χ0) is 24.6. The first-order valence-corrected chi connectivity index (χ1v) is 12.1. The van der Waals surface area contributed by atoms with Gasteiger partial charge in [-0.1, -0.05) is 47.1 Å². The van der Waals surface area contributed by atoms with Gasteiger partial charge in [-0.15, -0.1) is 0 Å². The van der Waals surface area contributed by atoms with Crippen LogP contribution in [0.25, 0.3) is 0 Å². The third-order valence-corrected chi connectivity index (χ3v) is 6.53. The van der Waals surface area contributed by atoms with E-state index < -0.39 is 6.04 Å². The fourth-order valence-electron chi connectivity index (χ4n) is 4.35. The summed E-state index contributed by atoms with van der Waals surface area (Å²) in [6, 6.07) is -1.11. The monoisotopic (exact) mass is 451 g/mol. The Hall–Kier alpha value is -1.89. The van der Waals surface area contributed by atoms with Crippen molar-refractivity contribution in [2.75, 3.05) is 27.2 Å². The molecule has 1 saturated heterocycles. The van der Waals surface area contributed by atoms with E-state index in [1.807, 2.05) is 34.7 Å². The summed E-state index contributed by atoms with van der Waals surface area (Å²) < 4.78 is 5.08. The average molecular weight is 452 g/mol. The average Bonchev–Trinajstić information content (AvgIpc) is 2.73. The second-order valence-electron chi connectivity index (χ2n) is 9.79. The van der Waals surface area contributed by atoms with Gasteiger partial charge in [0.15, 0.2) is 0 Å². The Morgan fingerprint density at radius 1 is 1.12 bits per heavy atom. The van der Waals surface area contributed by atoms with Gasteiger partial charge >= 0.3 is 5.97 Å². The lowest BCUT2D eigenvalue weighted by molar-refractivity contribution is -0.140. The van der Waals surface area contributed by atoms with Crippen molar-refractivity contribution in [2.45, 2.75) is 85.9 Å². The van der Waals surface area contributed by atoms with Crippen molar-refractivity contribution >= 4 is 17.8 Å². The van der Waals surface area contributed by atoms with Gasteiger partial charge in [-0.25, -0.2) is 4.79 Å². The van der Waals surface area contributed by atoms with E-state index in [0.29, 0.717) is 18.1 Å². The van der Waals surface area contributed by atoms with Crippen LogP contribution >= 0.6 is 0 Å². The molecule has 1 fully saturated rings. The number of likely N-dealkylation sites (N-methyl/N-ethyl adjacent to an activating group) is 2. The highest BCUT2D eigenvalue weighted by molar-refractivity contribution is 5.91. The Labute approximate surface area is 194 Å². The van der Waals surface area contributed by atoms with Crippen LogP contribution in [0.15, 0.2) is 11.6 Å².